The molecule has 0 spiro atoms. The van der Waals surface area contributed by atoms with Gasteiger partial charge in [-0.25, -0.2) is 4.98 Å². The van der Waals surface area contributed by atoms with Crippen molar-refractivity contribution in [1.82, 2.24) is 9.97 Å². The monoisotopic (exact) mass is 473 g/mol. The number of hydrogen-bond donors (Lipinski definition) is 2. The van der Waals surface area contributed by atoms with Gasteiger partial charge < -0.3 is 15.8 Å². The highest BCUT2D eigenvalue weighted by Crippen LogP contribution is 2.32. The number of methoxy groups -OCH3 is 1. The van der Waals surface area contributed by atoms with E-state index in [1.165, 1.54) is 13.3 Å². The topological polar surface area (TPSA) is 110 Å². The summed E-state index contributed by atoms with van der Waals surface area (Å²) in [7, 11) is 1.40. The number of benzene rings is 1. The number of ether oxygens (including phenoxy) is 1. The van der Waals surface area contributed by atoms with E-state index < -0.39 is 23.6 Å². The Hall–Kier alpha value is -4.15. The van der Waals surface area contributed by atoms with Gasteiger partial charge in [0.1, 0.15) is 11.6 Å². The van der Waals surface area contributed by atoms with Crippen LogP contribution in [0.1, 0.15) is 22.4 Å². The Kier molecular flexibility index (Phi) is 7.04. The first-order valence-corrected chi connectivity index (χ1v) is 10.0. The number of hydrogen-bond acceptors (Lipinski definition) is 6. The number of nitrogens with two attached hydrogens (primary N) is 1. The number of carbonyl (C=O) groups excluding carboxylic acids is 2. The number of nitrogens with zero attached hydrogens (tertiary/aromatic N) is 3. The zero-order valence-electron chi connectivity index (χ0n) is 18.6. The van der Waals surface area contributed by atoms with Gasteiger partial charge in [0.15, 0.2) is 0 Å². The molecule has 0 unspecified atom stereocenters. The average molecular weight is 473 g/mol. The quantitative estimate of drug-likeness (QED) is 0.545. The number of pyridine rings is 2. The number of nitrogens with one attached hydrogen (secondary N) is 1. The Morgan fingerprint density at radius 3 is 2.41 bits per heavy atom. The molecule has 0 fully saturated rings. The molecule has 0 aliphatic carbocycles. The van der Waals surface area contributed by atoms with E-state index in [-0.39, 0.29) is 29.4 Å². The Morgan fingerprint density at radius 1 is 1.09 bits per heavy atom. The van der Waals surface area contributed by atoms with Gasteiger partial charge in [0.05, 0.1) is 42.5 Å². The van der Waals surface area contributed by atoms with Gasteiger partial charge in [-0.1, -0.05) is 6.07 Å². The molecule has 0 bridgehead atoms. The molecule has 3 rings (SSSR count). The van der Waals surface area contributed by atoms with Crippen molar-refractivity contribution in [2.75, 3.05) is 23.1 Å². The summed E-state index contributed by atoms with van der Waals surface area (Å²) >= 11 is 0. The van der Waals surface area contributed by atoms with E-state index in [9.17, 15) is 22.8 Å². The third-order valence-electron chi connectivity index (χ3n) is 4.91. The third-order valence-corrected chi connectivity index (χ3v) is 4.91. The maximum atomic E-state index is 13.2. The van der Waals surface area contributed by atoms with Crippen LogP contribution in [0, 0.1) is 13.8 Å². The minimum Gasteiger partial charge on any atom is -0.495 e. The highest BCUT2D eigenvalue weighted by Gasteiger charge is 2.31. The summed E-state index contributed by atoms with van der Waals surface area (Å²) in [6, 6.07) is 8.57. The SMILES string of the molecule is COc1ccc(C)cc1N(Cc1ccc(C(F)(F)F)cn1)C(=O)C(=O)Nc1cnc(N)c(C)c1. The molecule has 8 nitrogen and oxygen atoms in total. The first kappa shape index (κ1) is 24.5. The lowest BCUT2D eigenvalue weighted by molar-refractivity contribution is -0.137. The molecular formula is C23H22F3N5O3. The number of aromatic nitrogens is 2. The number of aryl methyl sites for hydroxylation is 2. The van der Waals surface area contributed by atoms with Crippen molar-refractivity contribution in [3.63, 3.8) is 0 Å². The fourth-order valence-corrected chi connectivity index (χ4v) is 3.09. The molecule has 11 heteroatoms. The smallest absolute Gasteiger partial charge is 0.417 e. The van der Waals surface area contributed by atoms with Gasteiger partial charge in [-0.05, 0) is 55.3 Å². The van der Waals surface area contributed by atoms with Crippen LogP contribution < -0.4 is 20.7 Å². The number of amides is 2. The Morgan fingerprint density at radius 2 is 1.82 bits per heavy atom. The van der Waals surface area contributed by atoms with Crippen molar-refractivity contribution in [3.8, 4) is 5.75 Å². The van der Waals surface area contributed by atoms with E-state index in [4.69, 9.17) is 10.5 Å². The predicted octanol–water partition coefficient (Wildman–Crippen LogP) is 3.87. The molecule has 0 radical (unpaired) electrons. The van der Waals surface area contributed by atoms with Gasteiger partial charge in [-0.2, -0.15) is 13.2 Å². The summed E-state index contributed by atoms with van der Waals surface area (Å²) in [6.07, 6.45) is -2.57. The molecule has 3 N–H and O–H groups in total. The summed E-state index contributed by atoms with van der Waals surface area (Å²) in [4.78, 5) is 34.9. The standard InChI is InChI=1S/C23H22F3N5O3/c1-13-4-7-19(34-3)18(8-13)31(12-16-6-5-15(10-28-16)23(24,25)26)22(33)21(32)30-17-9-14(2)20(27)29-11-17/h4-11H,12H2,1-3H3,(H2,27,29)(H,30,32). The maximum absolute atomic E-state index is 13.2. The fraction of sp³-hybridized carbons (Fsp3) is 0.217. The van der Waals surface area contributed by atoms with Gasteiger partial charge in [-0.15, -0.1) is 0 Å². The van der Waals surface area contributed by atoms with Crippen LogP contribution in [-0.4, -0.2) is 28.9 Å². The first-order valence-electron chi connectivity index (χ1n) is 10.0. The largest absolute Gasteiger partial charge is 0.495 e. The Balaban J connectivity index is 1.95. The molecule has 178 valence electrons. The number of carbonyl (C=O) groups is 2. The second-order valence-corrected chi connectivity index (χ2v) is 7.48. The third kappa shape index (κ3) is 5.61. The zero-order valence-corrected chi connectivity index (χ0v) is 18.6. The van der Waals surface area contributed by atoms with Crippen LogP contribution in [0.4, 0.5) is 30.4 Å². The van der Waals surface area contributed by atoms with Crippen LogP contribution in [0.3, 0.4) is 0 Å². The molecule has 0 aliphatic heterocycles. The molecule has 1 aromatic carbocycles. The molecular weight excluding hydrogens is 451 g/mol. The summed E-state index contributed by atoms with van der Waals surface area (Å²) < 4.78 is 44.0. The summed E-state index contributed by atoms with van der Waals surface area (Å²) in [6.45, 7) is 3.20. The van der Waals surface area contributed by atoms with Gasteiger partial charge in [-0.3, -0.25) is 19.5 Å². The average Bonchev–Trinajstić information content (AvgIpc) is 2.79. The molecule has 0 saturated carbocycles. The van der Waals surface area contributed by atoms with Crippen molar-refractivity contribution in [2.24, 2.45) is 0 Å². The highest BCUT2D eigenvalue weighted by molar-refractivity contribution is 6.44. The normalized spacial score (nSPS) is 11.1. The summed E-state index contributed by atoms with van der Waals surface area (Å²) in [5.41, 5.74) is 6.80. The van der Waals surface area contributed by atoms with E-state index in [1.807, 2.05) is 0 Å². The lowest BCUT2D eigenvalue weighted by atomic mass is 10.1. The first-order chi connectivity index (χ1) is 16.0. The molecule has 0 aliphatic rings. The number of halogens is 3. The van der Waals surface area contributed by atoms with Crippen molar-refractivity contribution in [3.05, 3.63) is 71.2 Å². The van der Waals surface area contributed by atoms with Gasteiger partial charge >= 0.3 is 18.0 Å². The fourth-order valence-electron chi connectivity index (χ4n) is 3.09. The molecule has 2 amide bonds. The second kappa shape index (κ2) is 9.77. The van der Waals surface area contributed by atoms with Gasteiger partial charge in [0, 0.05) is 6.20 Å². The molecule has 2 aromatic heterocycles. The van der Waals surface area contributed by atoms with Crippen LogP contribution in [0.2, 0.25) is 0 Å². The lowest BCUT2D eigenvalue weighted by Crippen LogP contribution is -2.40. The van der Waals surface area contributed by atoms with Crippen LogP contribution in [0.15, 0.2) is 48.8 Å². The van der Waals surface area contributed by atoms with Gasteiger partial charge in [0.25, 0.3) is 0 Å². The minimum atomic E-state index is -4.55. The number of rotatable bonds is 5. The minimum absolute atomic E-state index is 0.141. The number of alkyl halides is 3. The molecule has 0 atom stereocenters. The summed E-state index contributed by atoms with van der Waals surface area (Å²) in [5, 5.41) is 2.47. The lowest BCUT2D eigenvalue weighted by Gasteiger charge is -2.24. The van der Waals surface area contributed by atoms with E-state index in [0.717, 1.165) is 22.6 Å². The van der Waals surface area contributed by atoms with Crippen molar-refractivity contribution in [2.45, 2.75) is 26.6 Å². The number of anilines is 3. The Bertz CT molecular complexity index is 1210. The predicted molar refractivity (Wildman–Crippen MR) is 120 cm³/mol. The van der Waals surface area contributed by atoms with E-state index in [0.29, 0.717) is 17.5 Å². The molecule has 0 saturated heterocycles. The van der Waals surface area contributed by atoms with Gasteiger partial charge in [0.2, 0.25) is 0 Å². The maximum Gasteiger partial charge on any atom is 0.417 e. The van der Waals surface area contributed by atoms with E-state index in [2.05, 4.69) is 15.3 Å². The van der Waals surface area contributed by atoms with Crippen LogP contribution in [-0.2, 0) is 22.3 Å². The van der Waals surface area contributed by atoms with Crippen molar-refractivity contribution >= 4 is 29.0 Å². The van der Waals surface area contributed by atoms with E-state index in [1.54, 1.807) is 38.1 Å². The highest BCUT2D eigenvalue weighted by atomic mass is 19.4. The van der Waals surface area contributed by atoms with Crippen molar-refractivity contribution in [1.29, 1.82) is 0 Å². The zero-order chi connectivity index (χ0) is 25.0. The second-order valence-electron chi connectivity index (χ2n) is 7.48. The number of nitrogen functional groups attached to an aromatic ring is 1. The van der Waals surface area contributed by atoms with Crippen LogP contribution in [0.5, 0.6) is 5.75 Å². The van der Waals surface area contributed by atoms with Crippen molar-refractivity contribution < 1.29 is 27.5 Å². The molecule has 3 aromatic rings. The molecule has 2 heterocycles. The van der Waals surface area contributed by atoms with E-state index >= 15 is 0 Å². The Labute approximate surface area is 193 Å². The van der Waals surface area contributed by atoms with Crippen LogP contribution in [0.25, 0.3) is 0 Å². The molecule has 34 heavy (non-hydrogen) atoms. The van der Waals surface area contributed by atoms with Crippen LogP contribution >= 0.6 is 0 Å². The summed E-state index contributed by atoms with van der Waals surface area (Å²) in [5.74, 6) is -1.38.